The fraction of sp³-hybridized carbons (Fsp3) is 1.00. The summed E-state index contributed by atoms with van der Waals surface area (Å²) in [6, 6.07) is 0. The lowest BCUT2D eigenvalue weighted by molar-refractivity contribution is 0.266. The minimum atomic E-state index is -2.14. The maximum atomic E-state index is 6.28. The fourth-order valence-electron chi connectivity index (χ4n) is 2.30. The summed E-state index contributed by atoms with van der Waals surface area (Å²) < 4.78 is 24.7. The van der Waals surface area contributed by atoms with Crippen molar-refractivity contribution in [3.8, 4) is 0 Å². The topological polar surface area (TPSA) is 36.9 Å². The molecular formula is C9H26O4Si4. The summed E-state index contributed by atoms with van der Waals surface area (Å²) in [6.45, 7) is 17.0. The molecule has 4 nitrogen and oxygen atoms in total. The van der Waals surface area contributed by atoms with E-state index in [0.717, 1.165) is 0 Å². The molecule has 1 rings (SSSR count). The van der Waals surface area contributed by atoms with E-state index in [-0.39, 0.29) is 0 Å². The molecule has 0 N–H and O–H groups in total. The van der Waals surface area contributed by atoms with E-state index in [9.17, 15) is 0 Å². The van der Waals surface area contributed by atoms with Crippen molar-refractivity contribution < 1.29 is 16.8 Å². The molecule has 0 unspecified atom stereocenters. The molecule has 0 saturated carbocycles. The molecule has 0 aromatic rings. The van der Waals surface area contributed by atoms with Crippen LogP contribution in [0.4, 0.5) is 0 Å². The Morgan fingerprint density at radius 1 is 0.588 bits per heavy atom. The van der Waals surface area contributed by atoms with E-state index in [1.165, 1.54) is 0 Å². The van der Waals surface area contributed by atoms with E-state index in [1.54, 1.807) is 0 Å². The van der Waals surface area contributed by atoms with Crippen LogP contribution in [-0.2, 0) is 16.8 Å². The van der Waals surface area contributed by atoms with Crippen LogP contribution in [0.5, 0.6) is 0 Å². The highest BCUT2D eigenvalue weighted by Crippen LogP contribution is 2.27. The highest BCUT2D eigenvalue weighted by atomic mass is 28.5. The first-order valence-electron chi connectivity index (χ1n) is 6.07. The molecule has 0 aliphatic carbocycles. The van der Waals surface area contributed by atoms with Crippen molar-refractivity contribution in [1.82, 2.24) is 0 Å². The monoisotopic (exact) mass is 310 g/mol. The zero-order valence-electron chi connectivity index (χ0n) is 12.3. The van der Waals surface area contributed by atoms with Crippen molar-refractivity contribution in [2.75, 3.05) is 6.23 Å². The SMILES string of the molecule is C[Si]1(C)CO[Si](C)(C)O[Si](C)(C)O[Si](C)(C)O1. The third-order valence-electron chi connectivity index (χ3n) is 2.27. The minimum absolute atomic E-state index is 0.705. The van der Waals surface area contributed by atoms with Gasteiger partial charge in [-0.15, -0.1) is 0 Å². The van der Waals surface area contributed by atoms with Gasteiger partial charge in [0.05, 0.1) is 6.23 Å². The molecule has 102 valence electrons. The van der Waals surface area contributed by atoms with Gasteiger partial charge in [-0.1, -0.05) is 0 Å². The molecular weight excluding hydrogens is 284 g/mol. The van der Waals surface area contributed by atoms with Gasteiger partial charge in [-0.3, -0.25) is 0 Å². The van der Waals surface area contributed by atoms with E-state index in [2.05, 4.69) is 52.4 Å². The second kappa shape index (κ2) is 4.67. The average molecular weight is 311 g/mol. The molecule has 1 heterocycles. The molecule has 1 fully saturated rings. The Balaban J connectivity index is 2.98. The van der Waals surface area contributed by atoms with Gasteiger partial charge in [0.15, 0.2) is 8.32 Å². The zero-order valence-corrected chi connectivity index (χ0v) is 16.3. The Kier molecular flexibility index (Phi) is 4.33. The van der Waals surface area contributed by atoms with Crippen LogP contribution >= 0.6 is 0 Å². The van der Waals surface area contributed by atoms with Crippen molar-refractivity contribution >= 4 is 34.0 Å². The van der Waals surface area contributed by atoms with Crippen molar-refractivity contribution in [2.45, 2.75) is 52.4 Å². The predicted octanol–water partition coefficient (Wildman–Crippen LogP) is 2.92. The van der Waals surface area contributed by atoms with Crippen molar-refractivity contribution in [3.63, 3.8) is 0 Å². The fourth-order valence-corrected chi connectivity index (χ4v) is 21.4. The Morgan fingerprint density at radius 3 is 1.53 bits per heavy atom. The first-order chi connectivity index (χ1) is 7.33. The van der Waals surface area contributed by atoms with E-state index in [0.29, 0.717) is 6.23 Å². The lowest BCUT2D eigenvalue weighted by Gasteiger charge is -2.36. The normalized spacial score (nSPS) is 31.1. The Hall–Kier alpha value is 0.708. The number of rotatable bonds is 0. The standard InChI is InChI=1S/C9H26O4Si4/c1-14(2)9-10-15(3,4)12-17(7,8)13-16(5,6)11-14/h9H2,1-8H3. The largest absolute Gasteiger partial charge is 0.435 e. The summed E-state index contributed by atoms with van der Waals surface area (Å²) in [7, 11) is -8.12. The zero-order chi connectivity index (χ0) is 13.5. The second-order valence-electron chi connectivity index (χ2n) is 6.55. The summed E-state index contributed by atoms with van der Waals surface area (Å²) in [6.07, 6.45) is 0.705. The third-order valence-corrected chi connectivity index (χ3v) is 16.3. The minimum Gasteiger partial charge on any atom is -0.435 e. The van der Waals surface area contributed by atoms with Gasteiger partial charge in [0.25, 0.3) is 0 Å². The van der Waals surface area contributed by atoms with Crippen LogP contribution in [-0.4, -0.2) is 40.2 Å². The molecule has 0 radical (unpaired) electrons. The molecule has 0 bridgehead atoms. The Morgan fingerprint density at radius 2 is 1.00 bits per heavy atom. The van der Waals surface area contributed by atoms with E-state index in [4.69, 9.17) is 16.8 Å². The number of hydrogen-bond acceptors (Lipinski definition) is 4. The second-order valence-corrected chi connectivity index (χ2v) is 21.5. The predicted molar refractivity (Wildman–Crippen MR) is 79.1 cm³/mol. The quantitative estimate of drug-likeness (QED) is 0.645. The van der Waals surface area contributed by atoms with Crippen LogP contribution in [0.1, 0.15) is 0 Å². The average Bonchev–Trinajstić information content (AvgIpc) is 1.94. The smallest absolute Gasteiger partial charge is 0.322 e. The molecule has 8 heteroatoms. The summed E-state index contributed by atoms with van der Waals surface area (Å²) in [5, 5.41) is 0. The maximum Gasteiger partial charge on any atom is 0.322 e. The molecule has 17 heavy (non-hydrogen) atoms. The van der Waals surface area contributed by atoms with Gasteiger partial charge in [-0.05, 0) is 52.4 Å². The lowest BCUT2D eigenvalue weighted by atomic mass is 11.7. The molecule has 1 aliphatic rings. The van der Waals surface area contributed by atoms with Gasteiger partial charge in [-0.2, -0.15) is 0 Å². The van der Waals surface area contributed by atoms with Crippen molar-refractivity contribution in [1.29, 1.82) is 0 Å². The van der Waals surface area contributed by atoms with Gasteiger partial charge >= 0.3 is 25.7 Å². The van der Waals surface area contributed by atoms with Gasteiger partial charge in [0, 0.05) is 0 Å². The molecule has 0 aromatic heterocycles. The van der Waals surface area contributed by atoms with Crippen LogP contribution < -0.4 is 0 Å². The van der Waals surface area contributed by atoms with E-state index >= 15 is 0 Å². The lowest BCUT2D eigenvalue weighted by Crippen LogP contribution is -2.54. The molecule has 0 atom stereocenters. The molecule has 0 amide bonds. The number of hydrogen-bond donors (Lipinski definition) is 0. The third kappa shape index (κ3) is 5.47. The highest BCUT2D eigenvalue weighted by molar-refractivity contribution is 6.89. The summed E-state index contributed by atoms with van der Waals surface area (Å²) in [5.41, 5.74) is 0. The van der Waals surface area contributed by atoms with Crippen LogP contribution in [0.25, 0.3) is 0 Å². The van der Waals surface area contributed by atoms with Crippen LogP contribution in [0.15, 0.2) is 0 Å². The summed E-state index contributed by atoms with van der Waals surface area (Å²) in [4.78, 5) is 0. The van der Waals surface area contributed by atoms with Crippen molar-refractivity contribution in [3.05, 3.63) is 0 Å². The van der Waals surface area contributed by atoms with Crippen LogP contribution in [0, 0.1) is 0 Å². The summed E-state index contributed by atoms with van der Waals surface area (Å²) in [5.74, 6) is 0. The molecule has 0 aromatic carbocycles. The van der Waals surface area contributed by atoms with Crippen LogP contribution in [0.3, 0.4) is 0 Å². The van der Waals surface area contributed by atoms with E-state index < -0.39 is 34.0 Å². The maximum absolute atomic E-state index is 6.28. The summed E-state index contributed by atoms with van der Waals surface area (Å²) >= 11 is 0. The Labute approximate surface area is 109 Å². The van der Waals surface area contributed by atoms with Gasteiger partial charge in [0.2, 0.25) is 0 Å². The first kappa shape index (κ1) is 15.8. The molecule has 1 aliphatic heterocycles. The first-order valence-corrected chi connectivity index (χ1v) is 17.6. The Bertz CT molecular complexity index is 263. The van der Waals surface area contributed by atoms with Crippen molar-refractivity contribution in [2.24, 2.45) is 0 Å². The van der Waals surface area contributed by atoms with Gasteiger partial charge in [-0.25, -0.2) is 0 Å². The van der Waals surface area contributed by atoms with Gasteiger partial charge in [0.1, 0.15) is 0 Å². The molecule has 1 saturated heterocycles. The van der Waals surface area contributed by atoms with Gasteiger partial charge < -0.3 is 16.8 Å². The van der Waals surface area contributed by atoms with Crippen LogP contribution in [0.2, 0.25) is 52.4 Å². The highest BCUT2D eigenvalue weighted by Gasteiger charge is 2.46. The van der Waals surface area contributed by atoms with E-state index in [1.807, 2.05) is 0 Å². The molecule has 0 spiro atoms.